The molecule has 1 amide bonds. The zero-order valence-electron chi connectivity index (χ0n) is 16.0. The molecule has 1 aromatic rings. The van der Waals surface area contributed by atoms with Crippen molar-refractivity contribution >= 4 is 17.7 Å². The molecule has 0 bridgehead atoms. The summed E-state index contributed by atoms with van der Waals surface area (Å²) in [6, 6.07) is 3.42. The van der Waals surface area contributed by atoms with Crippen LogP contribution in [0.1, 0.15) is 62.7 Å². The van der Waals surface area contributed by atoms with Crippen molar-refractivity contribution in [1.29, 1.82) is 0 Å². The van der Waals surface area contributed by atoms with E-state index in [9.17, 15) is 14.4 Å². The molecule has 0 saturated heterocycles. The molecule has 1 aliphatic rings. The van der Waals surface area contributed by atoms with Gasteiger partial charge in [-0.3, -0.25) is 14.4 Å². The van der Waals surface area contributed by atoms with Gasteiger partial charge in [0.1, 0.15) is 6.10 Å². The lowest BCUT2D eigenvalue weighted by atomic mass is 9.87. The Labute approximate surface area is 159 Å². The molecule has 1 aliphatic carbocycles. The van der Waals surface area contributed by atoms with Gasteiger partial charge >= 0.3 is 5.97 Å². The van der Waals surface area contributed by atoms with E-state index in [4.69, 9.17) is 9.47 Å². The first-order valence-corrected chi connectivity index (χ1v) is 9.56. The first-order chi connectivity index (χ1) is 13.0. The number of carbonyl (C=O) groups is 3. The number of hydrogen-bond acceptors (Lipinski definition) is 6. The quantitative estimate of drug-likeness (QED) is 0.404. The van der Waals surface area contributed by atoms with Crippen molar-refractivity contribution in [2.45, 2.75) is 58.5 Å². The summed E-state index contributed by atoms with van der Waals surface area (Å²) in [4.78, 5) is 38.9. The van der Waals surface area contributed by atoms with E-state index in [-0.39, 0.29) is 29.7 Å². The number of carbonyl (C=O) groups excluding carboxylic acids is 3. The van der Waals surface area contributed by atoms with Crippen LogP contribution in [0.5, 0.6) is 5.88 Å². The number of Topliss-reactive ketones (excluding diaryl/α,β-unsaturated/α-hetero) is 1. The number of hydrogen-bond donors (Lipinski definition) is 1. The average molecular weight is 376 g/mol. The van der Waals surface area contributed by atoms with Crippen LogP contribution in [0.25, 0.3) is 0 Å². The number of rotatable bonds is 9. The van der Waals surface area contributed by atoms with Crippen molar-refractivity contribution in [3.8, 4) is 5.88 Å². The van der Waals surface area contributed by atoms with Crippen LogP contribution >= 0.6 is 0 Å². The van der Waals surface area contributed by atoms with Crippen molar-refractivity contribution in [3.63, 3.8) is 0 Å². The van der Waals surface area contributed by atoms with Crippen LogP contribution in [-0.4, -0.2) is 41.9 Å². The molecule has 0 radical (unpaired) electrons. The first kappa shape index (κ1) is 20.9. The maximum atomic E-state index is 12.1. The number of nitrogens with zero attached hydrogens (tertiary/aromatic N) is 1. The molecule has 0 atom stereocenters. The number of esters is 1. The van der Waals surface area contributed by atoms with Gasteiger partial charge in [0.25, 0.3) is 0 Å². The third-order valence-electron chi connectivity index (χ3n) is 4.59. The van der Waals surface area contributed by atoms with Crippen LogP contribution in [0.3, 0.4) is 0 Å². The second kappa shape index (κ2) is 10.6. The molecule has 7 heteroatoms. The van der Waals surface area contributed by atoms with Crippen molar-refractivity contribution < 1.29 is 23.9 Å². The molecule has 148 valence electrons. The Hall–Kier alpha value is -2.44. The molecule has 27 heavy (non-hydrogen) atoms. The topological polar surface area (TPSA) is 94.6 Å². The van der Waals surface area contributed by atoms with Crippen molar-refractivity contribution in [3.05, 3.63) is 23.9 Å². The maximum absolute atomic E-state index is 12.1. The number of pyridine rings is 1. The smallest absolute Gasteiger partial charge is 0.308 e. The van der Waals surface area contributed by atoms with Gasteiger partial charge in [-0.1, -0.05) is 0 Å². The fraction of sp³-hybridized carbons (Fsp3) is 0.600. The van der Waals surface area contributed by atoms with Gasteiger partial charge in [-0.15, -0.1) is 0 Å². The molecular formula is C20H28N2O5. The van der Waals surface area contributed by atoms with Gasteiger partial charge < -0.3 is 14.8 Å². The van der Waals surface area contributed by atoms with Crippen LogP contribution in [0, 0.1) is 5.92 Å². The molecule has 1 N–H and O–H groups in total. The molecule has 1 fully saturated rings. The zero-order chi connectivity index (χ0) is 19.6. The zero-order valence-corrected chi connectivity index (χ0v) is 16.0. The number of aromatic nitrogens is 1. The van der Waals surface area contributed by atoms with Gasteiger partial charge in [0.05, 0.1) is 12.5 Å². The van der Waals surface area contributed by atoms with Gasteiger partial charge in [-0.05, 0) is 45.1 Å². The summed E-state index contributed by atoms with van der Waals surface area (Å²) in [7, 11) is 0. The van der Waals surface area contributed by atoms with Crippen LogP contribution in [0.2, 0.25) is 0 Å². The fourth-order valence-corrected chi connectivity index (χ4v) is 3.12. The van der Waals surface area contributed by atoms with Crippen molar-refractivity contribution in [1.82, 2.24) is 10.3 Å². The summed E-state index contributed by atoms with van der Waals surface area (Å²) in [5, 5.41) is 2.67. The lowest BCUT2D eigenvalue weighted by Gasteiger charge is -2.27. The minimum atomic E-state index is -0.115. The normalized spacial score (nSPS) is 19.2. The van der Waals surface area contributed by atoms with Gasteiger partial charge in [0, 0.05) is 37.7 Å². The second-order valence-corrected chi connectivity index (χ2v) is 6.74. The van der Waals surface area contributed by atoms with E-state index in [1.165, 1.54) is 13.1 Å². The highest BCUT2D eigenvalue weighted by Gasteiger charge is 2.28. The minimum Gasteiger partial charge on any atom is -0.474 e. The van der Waals surface area contributed by atoms with E-state index >= 15 is 0 Å². The molecule has 0 unspecified atom stereocenters. The average Bonchev–Trinajstić information content (AvgIpc) is 2.66. The largest absolute Gasteiger partial charge is 0.474 e. The molecule has 0 aromatic carbocycles. The molecule has 0 aliphatic heterocycles. The van der Waals surface area contributed by atoms with E-state index in [1.54, 1.807) is 12.1 Å². The van der Waals surface area contributed by atoms with Crippen molar-refractivity contribution in [2.75, 3.05) is 13.2 Å². The number of ketones is 1. The Morgan fingerprint density at radius 2 is 1.93 bits per heavy atom. The van der Waals surface area contributed by atoms with E-state index in [1.807, 2.05) is 6.92 Å². The highest BCUT2D eigenvalue weighted by molar-refractivity contribution is 5.95. The Morgan fingerprint density at radius 1 is 1.19 bits per heavy atom. The monoisotopic (exact) mass is 376 g/mol. The molecule has 0 spiro atoms. The number of amides is 1. The number of ether oxygens (including phenoxy) is 2. The first-order valence-electron chi connectivity index (χ1n) is 9.56. The fourth-order valence-electron chi connectivity index (χ4n) is 3.12. The van der Waals surface area contributed by atoms with E-state index in [2.05, 4.69) is 10.3 Å². The van der Waals surface area contributed by atoms with E-state index in [0.29, 0.717) is 37.4 Å². The number of nitrogens with one attached hydrogen (secondary N) is 1. The summed E-state index contributed by atoms with van der Waals surface area (Å²) >= 11 is 0. The Kier molecular flexibility index (Phi) is 8.23. The Morgan fingerprint density at radius 3 is 2.52 bits per heavy atom. The van der Waals surface area contributed by atoms with Crippen molar-refractivity contribution in [2.24, 2.45) is 5.92 Å². The third kappa shape index (κ3) is 7.00. The van der Waals surface area contributed by atoms with Crippen LogP contribution in [0.4, 0.5) is 0 Å². The van der Waals surface area contributed by atoms with Crippen LogP contribution < -0.4 is 10.1 Å². The molecule has 2 rings (SSSR count). The third-order valence-corrected chi connectivity index (χ3v) is 4.59. The highest BCUT2D eigenvalue weighted by atomic mass is 16.5. The Bertz CT molecular complexity index is 636. The molecule has 1 saturated carbocycles. The summed E-state index contributed by atoms with van der Waals surface area (Å²) in [5.74, 6) is 0.242. The second-order valence-electron chi connectivity index (χ2n) is 6.74. The minimum absolute atomic E-state index is 0.00523. The highest BCUT2D eigenvalue weighted by Crippen LogP contribution is 2.28. The predicted molar refractivity (Wildman–Crippen MR) is 99.5 cm³/mol. The van der Waals surface area contributed by atoms with Gasteiger partial charge in [0.15, 0.2) is 5.78 Å². The predicted octanol–water partition coefficient (Wildman–Crippen LogP) is 2.68. The SMILES string of the molecule is CCOC(=O)C1CCC(Oc2ccc(C(=O)CCCNC(C)=O)cn2)CC1. The van der Waals surface area contributed by atoms with Gasteiger partial charge in [-0.2, -0.15) is 0 Å². The Balaban J connectivity index is 1.75. The summed E-state index contributed by atoms with van der Waals surface area (Å²) < 4.78 is 11.0. The van der Waals surface area contributed by atoms with Gasteiger partial charge in [-0.25, -0.2) is 4.98 Å². The van der Waals surface area contributed by atoms with Crippen LogP contribution in [-0.2, 0) is 14.3 Å². The lowest BCUT2D eigenvalue weighted by molar-refractivity contribution is -0.149. The molecule has 1 aromatic heterocycles. The van der Waals surface area contributed by atoms with E-state index < -0.39 is 0 Å². The standard InChI is InChI=1S/C20H28N2O5/c1-3-26-20(25)15-6-9-17(10-7-15)27-19-11-8-16(13-22-19)18(24)5-4-12-21-14(2)23/h8,11,13,15,17H,3-7,9-10,12H2,1-2H3,(H,21,23). The van der Waals surface area contributed by atoms with Gasteiger partial charge in [0.2, 0.25) is 11.8 Å². The van der Waals surface area contributed by atoms with E-state index in [0.717, 1.165) is 25.7 Å². The van der Waals surface area contributed by atoms with Crippen LogP contribution in [0.15, 0.2) is 18.3 Å². The molecule has 1 heterocycles. The summed E-state index contributed by atoms with van der Waals surface area (Å²) in [5.41, 5.74) is 0.538. The summed E-state index contributed by atoms with van der Waals surface area (Å²) in [6.07, 6.45) is 5.61. The summed E-state index contributed by atoms with van der Waals surface area (Å²) in [6.45, 7) is 4.17. The lowest BCUT2D eigenvalue weighted by Crippen LogP contribution is -2.29. The maximum Gasteiger partial charge on any atom is 0.308 e. The molecular weight excluding hydrogens is 348 g/mol. The molecule has 7 nitrogen and oxygen atoms in total.